The molecule has 2 aromatic heterocycles. The van der Waals surface area contributed by atoms with Crippen molar-refractivity contribution in [2.75, 3.05) is 19.0 Å². The Morgan fingerprint density at radius 2 is 1.52 bits per heavy atom. The second-order valence-corrected chi connectivity index (χ2v) is 6.66. The molecule has 29 heavy (non-hydrogen) atoms. The van der Waals surface area contributed by atoms with E-state index >= 15 is 0 Å². The van der Waals surface area contributed by atoms with E-state index in [-0.39, 0.29) is 5.88 Å². The summed E-state index contributed by atoms with van der Waals surface area (Å²) < 4.78 is 11.8. The fourth-order valence-corrected chi connectivity index (χ4v) is 3.06. The van der Waals surface area contributed by atoms with Crippen LogP contribution < -0.4 is 4.90 Å². The molecule has 0 atom stereocenters. The molecule has 4 rings (SSSR count). The number of hydrogen-bond donors (Lipinski definition) is 0. The normalized spacial score (nSPS) is 10.9. The molecule has 0 saturated heterocycles. The summed E-state index contributed by atoms with van der Waals surface area (Å²) in [5.74, 6) is 2.18. The van der Waals surface area contributed by atoms with Gasteiger partial charge in [-0.1, -0.05) is 60.7 Å². The summed E-state index contributed by atoms with van der Waals surface area (Å²) in [5, 5.41) is 9.88. The lowest BCUT2D eigenvalue weighted by molar-refractivity contribution is 0.557. The minimum absolute atomic E-state index is 0.257. The Bertz CT molecular complexity index is 1180. The molecular formula is C24H19N3O2. The molecule has 0 spiro atoms. The Morgan fingerprint density at radius 3 is 2.10 bits per heavy atom. The maximum atomic E-state index is 9.88. The van der Waals surface area contributed by atoms with Crippen LogP contribution in [0.1, 0.15) is 11.3 Å². The summed E-state index contributed by atoms with van der Waals surface area (Å²) in [5.41, 5.74) is 2.92. The SMILES string of the molecule is CN(C)c1ccc(C=Nc2oc(-c3ccccc3)c(-c3ccccc3)c2C#N)o1. The first-order valence-electron chi connectivity index (χ1n) is 9.16. The van der Waals surface area contributed by atoms with Crippen molar-refractivity contribution in [1.82, 2.24) is 0 Å². The number of furan rings is 2. The highest BCUT2D eigenvalue weighted by molar-refractivity contribution is 5.89. The van der Waals surface area contributed by atoms with Gasteiger partial charge in [-0.05, 0) is 11.6 Å². The molecule has 0 radical (unpaired) electrons. The molecular weight excluding hydrogens is 362 g/mol. The Kier molecular flexibility index (Phi) is 5.00. The van der Waals surface area contributed by atoms with Gasteiger partial charge < -0.3 is 13.7 Å². The number of nitriles is 1. The first kappa shape index (κ1) is 18.3. The Labute approximate surface area is 169 Å². The highest BCUT2D eigenvalue weighted by Gasteiger charge is 2.22. The van der Waals surface area contributed by atoms with Crippen LogP contribution in [-0.4, -0.2) is 20.3 Å². The first-order valence-corrected chi connectivity index (χ1v) is 9.16. The van der Waals surface area contributed by atoms with Crippen LogP contribution in [-0.2, 0) is 0 Å². The molecule has 0 aliphatic rings. The maximum Gasteiger partial charge on any atom is 0.238 e. The van der Waals surface area contributed by atoms with Crippen LogP contribution in [0.3, 0.4) is 0 Å². The molecule has 0 aliphatic carbocycles. The van der Waals surface area contributed by atoms with Gasteiger partial charge in [-0.2, -0.15) is 5.26 Å². The minimum atomic E-state index is 0.257. The van der Waals surface area contributed by atoms with Crippen molar-refractivity contribution in [3.05, 3.63) is 84.1 Å². The van der Waals surface area contributed by atoms with Gasteiger partial charge in [0.15, 0.2) is 5.88 Å². The summed E-state index contributed by atoms with van der Waals surface area (Å²) >= 11 is 0. The number of nitrogens with zero attached hydrogens (tertiary/aromatic N) is 3. The van der Waals surface area contributed by atoms with E-state index in [1.165, 1.54) is 0 Å². The zero-order valence-corrected chi connectivity index (χ0v) is 16.2. The molecule has 4 aromatic rings. The molecule has 0 amide bonds. The van der Waals surface area contributed by atoms with E-state index < -0.39 is 0 Å². The van der Waals surface area contributed by atoms with Gasteiger partial charge >= 0.3 is 0 Å². The minimum Gasteiger partial charge on any atom is -0.440 e. The van der Waals surface area contributed by atoms with Gasteiger partial charge in [0.1, 0.15) is 23.2 Å². The monoisotopic (exact) mass is 381 g/mol. The van der Waals surface area contributed by atoms with Gasteiger partial charge in [0.05, 0.1) is 6.21 Å². The lowest BCUT2D eigenvalue weighted by Gasteiger charge is -2.05. The lowest BCUT2D eigenvalue weighted by Crippen LogP contribution is -2.06. The second-order valence-electron chi connectivity index (χ2n) is 6.66. The number of rotatable bonds is 5. The van der Waals surface area contributed by atoms with Gasteiger partial charge in [-0.15, -0.1) is 0 Å². The van der Waals surface area contributed by atoms with E-state index in [9.17, 15) is 5.26 Å². The van der Waals surface area contributed by atoms with Crippen molar-refractivity contribution in [1.29, 1.82) is 5.26 Å². The third-order valence-electron chi connectivity index (χ3n) is 4.46. The average Bonchev–Trinajstić information content (AvgIpc) is 3.38. The predicted octanol–water partition coefficient (Wildman–Crippen LogP) is 5.89. The Balaban J connectivity index is 1.83. The van der Waals surface area contributed by atoms with E-state index in [2.05, 4.69) is 11.1 Å². The predicted molar refractivity (Wildman–Crippen MR) is 115 cm³/mol. The van der Waals surface area contributed by atoms with Crippen LogP contribution in [0.4, 0.5) is 11.8 Å². The standard InChI is InChI=1S/C24H19N3O2/c1-27(2)21-14-13-19(28-21)16-26-24-20(15-25)22(17-9-5-3-6-10-17)23(29-24)18-11-7-4-8-12-18/h3-14,16H,1-2H3. The van der Waals surface area contributed by atoms with Crippen LogP contribution in [0, 0.1) is 11.3 Å². The van der Waals surface area contributed by atoms with Crippen molar-refractivity contribution >= 4 is 18.0 Å². The van der Waals surface area contributed by atoms with Crippen LogP contribution in [0.5, 0.6) is 0 Å². The van der Waals surface area contributed by atoms with E-state index in [0.717, 1.165) is 22.6 Å². The fourth-order valence-electron chi connectivity index (χ4n) is 3.06. The molecule has 5 heteroatoms. The molecule has 0 aliphatic heterocycles. The molecule has 142 valence electrons. The van der Waals surface area contributed by atoms with Crippen molar-refractivity contribution < 1.29 is 8.83 Å². The van der Waals surface area contributed by atoms with E-state index in [4.69, 9.17) is 8.83 Å². The van der Waals surface area contributed by atoms with Crippen molar-refractivity contribution in [2.24, 2.45) is 4.99 Å². The highest BCUT2D eigenvalue weighted by atomic mass is 16.4. The van der Waals surface area contributed by atoms with E-state index in [1.807, 2.05) is 91.8 Å². The Hall–Kier alpha value is -4.04. The fraction of sp³-hybridized carbons (Fsp3) is 0.0833. The van der Waals surface area contributed by atoms with Crippen LogP contribution in [0.2, 0.25) is 0 Å². The second kappa shape index (κ2) is 7.91. The maximum absolute atomic E-state index is 9.88. The quantitative estimate of drug-likeness (QED) is 0.404. The van der Waals surface area contributed by atoms with Gasteiger partial charge in [0.25, 0.3) is 0 Å². The van der Waals surface area contributed by atoms with Crippen molar-refractivity contribution in [3.63, 3.8) is 0 Å². The largest absolute Gasteiger partial charge is 0.440 e. The molecule has 0 N–H and O–H groups in total. The van der Waals surface area contributed by atoms with Gasteiger partial charge in [0, 0.05) is 31.3 Å². The first-order chi connectivity index (χ1) is 14.2. The van der Waals surface area contributed by atoms with Crippen molar-refractivity contribution in [3.8, 4) is 28.5 Å². The molecule has 5 nitrogen and oxygen atoms in total. The molecule has 2 aromatic carbocycles. The third kappa shape index (κ3) is 3.69. The zero-order valence-electron chi connectivity index (χ0n) is 16.2. The van der Waals surface area contributed by atoms with E-state index in [0.29, 0.717) is 17.1 Å². The van der Waals surface area contributed by atoms with Crippen LogP contribution in [0.25, 0.3) is 22.5 Å². The zero-order chi connectivity index (χ0) is 20.2. The van der Waals surface area contributed by atoms with Crippen LogP contribution in [0.15, 0.2) is 86.6 Å². The van der Waals surface area contributed by atoms with Gasteiger partial charge in [0.2, 0.25) is 5.88 Å². The summed E-state index contributed by atoms with van der Waals surface area (Å²) in [6.07, 6.45) is 1.57. The van der Waals surface area contributed by atoms with Crippen LogP contribution >= 0.6 is 0 Å². The average molecular weight is 381 g/mol. The molecule has 0 bridgehead atoms. The Morgan fingerprint density at radius 1 is 0.862 bits per heavy atom. The van der Waals surface area contributed by atoms with Gasteiger partial charge in [-0.3, -0.25) is 0 Å². The third-order valence-corrected chi connectivity index (χ3v) is 4.46. The number of hydrogen-bond acceptors (Lipinski definition) is 5. The lowest BCUT2D eigenvalue weighted by atomic mass is 9.98. The molecule has 0 fully saturated rings. The highest BCUT2D eigenvalue weighted by Crippen LogP contribution is 2.42. The smallest absolute Gasteiger partial charge is 0.238 e. The van der Waals surface area contributed by atoms with Gasteiger partial charge in [-0.25, -0.2) is 4.99 Å². The summed E-state index contributed by atoms with van der Waals surface area (Å²) in [6, 6.07) is 25.4. The topological polar surface area (TPSA) is 65.7 Å². The number of benzene rings is 2. The summed E-state index contributed by atoms with van der Waals surface area (Å²) in [6.45, 7) is 0. The van der Waals surface area contributed by atoms with Crippen molar-refractivity contribution in [2.45, 2.75) is 0 Å². The molecule has 2 heterocycles. The summed E-state index contributed by atoms with van der Waals surface area (Å²) in [7, 11) is 3.80. The number of anilines is 1. The summed E-state index contributed by atoms with van der Waals surface area (Å²) in [4.78, 5) is 6.29. The molecule has 0 saturated carbocycles. The molecule has 0 unspecified atom stereocenters. The van der Waals surface area contributed by atoms with E-state index in [1.54, 1.807) is 6.21 Å². The number of aliphatic imine (C=N–C) groups is 1.